The van der Waals surface area contributed by atoms with Crippen molar-refractivity contribution >= 4 is 0 Å². The van der Waals surface area contributed by atoms with Crippen LogP contribution in [0.4, 0.5) is 0 Å². The van der Waals surface area contributed by atoms with Gasteiger partial charge in [0.2, 0.25) is 0 Å². The molecule has 3 atom stereocenters. The van der Waals surface area contributed by atoms with Crippen molar-refractivity contribution < 1.29 is 4.74 Å². The van der Waals surface area contributed by atoms with Crippen LogP contribution in [0.5, 0.6) is 5.75 Å². The van der Waals surface area contributed by atoms with E-state index in [0.29, 0.717) is 6.10 Å². The standard InChI is InChI=1S/C24H32O/c1-19-9-6-15-23(17-19)25-24-16-8-14-22(18-24)20(2)10-7-13-21-11-4-3-5-12-21/h3-6,9,11-12,15,17,20,22,24H,7-8,10,13-14,16,18H2,1-2H3/t20?,22-,24+/m0/s1. The third-order valence-corrected chi connectivity index (χ3v) is 5.73. The van der Waals surface area contributed by atoms with Crippen molar-refractivity contribution in [3.8, 4) is 5.75 Å². The largest absolute Gasteiger partial charge is 0.490 e. The number of hydrogen-bond acceptors (Lipinski definition) is 1. The van der Waals surface area contributed by atoms with Gasteiger partial charge < -0.3 is 4.74 Å². The first-order valence-corrected chi connectivity index (χ1v) is 9.98. The molecule has 2 aromatic carbocycles. The van der Waals surface area contributed by atoms with Gasteiger partial charge in [0.15, 0.2) is 0 Å². The summed E-state index contributed by atoms with van der Waals surface area (Å²) in [7, 11) is 0. The second-order valence-electron chi connectivity index (χ2n) is 7.84. The third kappa shape index (κ3) is 5.63. The molecule has 1 nitrogen and oxygen atoms in total. The second-order valence-corrected chi connectivity index (χ2v) is 7.84. The molecule has 1 aliphatic rings. The minimum absolute atomic E-state index is 0.400. The molecule has 0 N–H and O–H groups in total. The van der Waals surface area contributed by atoms with Crippen LogP contribution in [-0.2, 0) is 6.42 Å². The van der Waals surface area contributed by atoms with E-state index in [4.69, 9.17) is 4.74 Å². The maximum atomic E-state index is 6.29. The fourth-order valence-electron chi connectivity index (χ4n) is 4.19. The molecule has 1 aliphatic carbocycles. The van der Waals surface area contributed by atoms with Crippen LogP contribution in [0.1, 0.15) is 56.6 Å². The lowest BCUT2D eigenvalue weighted by atomic mass is 9.77. The van der Waals surface area contributed by atoms with Crippen LogP contribution in [0.2, 0.25) is 0 Å². The van der Waals surface area contributed by atoms with E-state index >= 15 is 0 Å². The Labute approximate surface area is 153 Å². The van der Waals surface area contributed by atoms with E-state index in [1.54, 1.807) is 0 Å². The first kappa shape index (κ1) is 18.0. The molecule has 0 saturated heterocycles. The van der Waals surface area contributed by atoms with Gasteiger partial charge in [-0.05, 0) is 80.5 Å². The molecule has 0 spiro atoms. The first-order valence-electron chi connectivity index (χ1n) is 9.98. The van der Waals surface area contributed by atoms with Gasteiger partial charge in [0, 0.05) is 0 Å². The Bertz CT molecular complexity index is 634. The van der Waals surface area contributed by atoms with Crippen molar-refractivity contribution in [3.05, 3.63) is 65.7 Å². The Balaban J connectivity index is 1.45. The van der Waals surface area contributed by atoms with E-state index in [0.717, 1.165) is 17.6 Å². The Morgan fingerprint density at radius 2 is 1.88 bits per heavy atom. The zero-order valence-electron chi connectivity index (χ0n) is 15.8. The molecule has 0 bridgehead atoms. The van der Waals surface area contributed by atoms with Gasteiger partial charge >= 0.3 is 0 Å². The average molecular weight is 337 g/mol. The Morgan fingerprint density at radius 3 is 2.68 bits per heavy atom. The highest BCUT2D eigenvalue weighted by Crippen LogP contribution is 2.34. The summed E-state index contributed by atoms with van der Waals surface area (Å²) in [5.74, 6) is 2.66. The van der Waals surface area contributed by atoms with Gasteiger partial charge in [-0.15, -0.1) is 0 Å². The van der Waals surface area contributed by atoms with E-state index in [-0.39, 0.29) is 0 Å². The average Bonchev–Trinajstić information content (AvgIpc) is 2.63. The summed E-state index contributed by atoms with van der Waals surface area (Å²) in [6.07, 6.45) is 9.35. The van der Waals surface area contributed by atoms with Crippen LogP contribution in [0.3, 0.4) is 0 Å². The molecule has 3 rings (SSSR count). The lowest BCUT2D eigenvalue weighted by molar-refractivity contribution is 0.0996. The van der Waals surface area contributed by atoms with Gasteiger partial charge in [0.1, 0.15) is 5.75 Å². The SMILES string of the molecule is Cc1cccc(O[C@@H]2CCC[C@H](C(C)CCCc3ccccc3)C2)c1. The molecule has 1 fully saturated rings. The van der Waals surface area contributed by atoms with Crippen LogP contribution in [0.15, 0.2) is 54.6 Å². The highest BCUT2D eigenvalue weighted by atomic mass is 16.5. The molecule has 0 radical (unpaired) electrons. The lowest BCUT2D eigenvalue weighted by Gasteiger charge is -2.33. The van der Waals surface area contributed by atoms with Crippen molar-refractivity contribution in [2.45, 2.75) is 64.9 Å². The van der Waals surface area contributed by atoms with Gasteiger partial charge in [-0.2, -0.15) is 0 Å². The molecule has 0 aromatic heterocycles. The smallest absolute Gasteiger partial charge is 0.119 e. The van der Waals surface area contributed by atoms with E-state index in [2.05, 4.69) is 68.4 Å². The van der Waals surface area contributed by atoms with Crippen LogP contribution in [-0.4, -0.2) is 6.10 Å². The quantitative estimate of drug-likeness (QED) is 0.554. The Kier molecular flexibility index (Phi) is 6.55. The monoisotopic (exact) mass is 336 g/mol. The predicted octanol–water partition coefficient (Wildman–Crippen LogP) is 6.59. The molecule has 1 heteroatoms. The summed E-state index contributed by atoms with van der Waals surface area (Å²) >= 11 is 0. The summed E-state index contributed by atoms with van der Waals surface area (Å²) in [4.78, 5) is 0. The highest BCUT2D eigenvalue weighted by molar-refractivity contribution is 5.27. The highest BCUT2D eigenvalue weighted by Gasteiger charge is 2.27. The van der Waals surface area contributed by atoms with Gasteiger partial charge in [-0.1, -0.05) is 55.8 Å². The minimum atomic E-state index is 0.400. The van der Waals surface area contributed by atoms with Gasteiger partial charge in [-0.3, -0.25) is 0 Å². The lowest BCUT2D eigenvalue weighted by Crippen LogP contribution is -2.28. The number of benzene rings is 2. The van der Waals surface area contributed by atoms with Gasteiger partial charge in [0.05, 0.1) is 6.10 Å². The second kappa shape index (κ2) is 9.08. The molecular weight excluding hydrogens is 304 g/mol. The van der Waals surface area contributed by atoms with Crippen LogP contribution < -0.4 is 4.74 Å². The van der Waals surface area contributed by atoms with Crippen molar-refractivity contribution in [1.82, 2.24) is 0 Å². The maximum absolute atomic E-state index is 6.29. The minimum Gasteiger partial charge on any atom is -0.490 e. The Morgan fingerprint density at radius 1 is 1.04 bits per heavy atom. The van der Waals surface area contributed by atoms with Crippen LogP contribution in [0.25, 0.3) is 0 Å². The number of rotatable bonds is 7. The summed E-state index contributed by atoms with van der Waals surface area (Å²) in [6, 6.07) is 19.4. The molecule has 2 aromatic rings. The van der Waals surface area contributed by atoms with E-state index in [1.807, 2.05) is 0 Å². The number of ether oxygens (including phenoxy) is 1. The van der Waals surface area contributed by atoms with Crippen LogP contribution in [0, 0.1) is 18.8 Å². The summed E-state index contributed by atoms with van der Waals surface area (Å²) < 4.78 is 6.29. The maximum Gasteiger partial charge on any atom is 0.119 e. The molecule has 1 saturated carbocycles. The van der Waals surface area contributed by atoms with E-state index < -0.39 is 0 Å². The van der Waals surface area contributed by atoms with Crippen molar-refractivity contribution in [3.63, 3.8) is 0 Å². The fourth-order valence-corrected chi connectivity index (χ4v) is 4.19. The zero-order chi connectivity index (χ0) is 17.5. The Hall–Kier alpha value is -1.76. The van der Waals surface area contributed by atoms with Crippen molar-refractivity contribution in [1.29, 1.82) is 0 Å². The molecule has 0 heterocycles. The molecule has 0 amide bonds. The molecule has 0 aliphatic heterocycles. The number of aryl methyl sites for hydroxylation is 2. The molecular formula is C24H32O. The predicted molar refractivity (Wildman–Crippen MR) is 106 cm³/mol. The first-order chi connectivity index (χ1) is 12.2. The van der Waals surface area contributed by atoms with Crippen molar-refractivity contribution in [2.24, 2.45) is 11.8 Å². The van der Waals surface area contributed by atoms with Crippen LogP contribution >= 0.6 is 0 Å². The molecule has 1 unspecified atom stereocenters. The number of hydrogen-bond donors (Lipinski definition) is 0. The van der Waals surface area contributed by atoms with E-state index in [1.165, 1.54) is 56.1 Å². The van der Waals surface area contributed by atoms with Gasteiger partial charge in [0.25, 0.3) is 0 Å². The summed E-state index contributed by atoms with van der Waals surface area (Å²) in [5.41, 5.74) is 2.75. The topological polar surface area (TPSA) is 9.23 Å². The fraction of sp³-hybridized carbons (Fsp3) is 0.500. The zero-order valence-corrected chi connectivity index (χ0v) is 15.8. The van der Waals surface area contributed by atoms with E-state index in [9.17, 15) is 0 Å². The van der Waals surface area contributed by atoms with Crippen molar-refractivity contribution in [2.75, 3.05) is 0 Å². The third-order valence-electron chi connectivity index (χ3n) is 5.73. The normalized spacial score (nSPS) is 21.7. The van der Waals surface area contributed by atoms with Gasteiger partial charge in [-0.25, -0.2) is 0 Å². The molecule has 25 heavy (non-hydrogen) atoms. The summed E-state index contributed by atoms with van der Waals surface area (Å²) in [6.45, 7) is 4.58. The molecule has 134 valence electrons. The summed E-state index contributed by atoms with van der Waals surface area (Å²) in [5, 5.41) is 0.